The van der Waals surface area contributed by atoms with Crippen LogP contribution in [0.1, 0.15) is 26.7 Å². The van der Waals surface area contributed by atoms with E-state index in [2.05, 4.69) is 25.3 Å². The summed E-state index contributed by atoms with van der Waals surface area (Å²) in [6, 6.07) is 0. The first-order valence-corrected chi connectivity index (χ1v) is 5.36. The van der Waals surface area contributed by atoms with Crippen LogP contribution in [0.25, 0.3) is 0 Å². The maximum atomic E-state index is 10.3. The molecular formula is C10H10O6PtS2. The molecule has 9 heteroatoms. The van der Waals surface area contributed by atoms with Gasteiger partial charge in [-0.3, -0.25) is 19.2 Å². The number of carbonyl (C=O) groups excluding carboxylic acids is 6. The Bertz CT molecular complexity index is 367. The molecule has 0 aliphatic heterocycles. The molecule has 0 unspecified atom stereocenters. The van der Waals surface area contributed by atoms with E-state index in [1.54, 1.807) is 0 Å². The molecule has 0 amide bonds. The molecule has 0 bridgehead atoms. The van der Waals surface area contributed by atoms with Crippen molar-refractivity contribution in [3.8, 4) is 0 Å². The van der Waals surface area contributed by atoms with Gasteiger partial charge in [-0.2, -0.15) is 0 Å². The van der Waals surface area contributed by atoms with Crippen LogP contribution in [-0.2, 0) is 75.1 Å². The van der Waals surface area contributed by atoms with Gasteiger partial charge in [-0.15, -0.1) is 0 Å². The van der Waals surface area contributed by atoms with Gasteiger partial charge in [0.2, 0.25) is 0 Å². The van der Waals surface area contributed by atoms with Crippen molar-refractivity contribution in [3.63, 3.8) is 0 Å². The van der Waals surface area contributed by atoms with Crippen LogP contribution >= 0.6 is 0 Å². The first-order valence-electron chi connectivity index (χ1n) is 4.55. The van der Waals surface area contributed by atoms with Gasteiger partial charge in [0, 0.05) is 0 Å². The summed E-state index contributed by atoms with van der Waals surface area (Å²) in [6.07, 6.45) is -0.718. The minimum atomic E-state index is -0.967. The van der Waals surface area contributed by atoms with Crippen molar-refractivity contribution in [1.29, 1.82) is 0 Å². The summed E-state index contributed by atoms with van der Waals surface area (Å²) in [7, 11) is 0. The minimum Gasteiger partial charge on any atom is -0.734 e. The Labute approximate surface area is 135 Å². The number of carbonyl (C=O) groups is 6. The fourth-order valence-corrected chi connectivity index (χ4v) is 0.741. The van der Waals surface area contributed by atoms with Gasteiger partial charge in [0.15, 0.2) is 11.6 Å². The van der Waals surface area contributed by atoms with Crippen molar-refractivity contribution in [1.82, 2.24) is 0 Å². The molecule has 0 fully saturated rings. The third-order valence-electron chi connectivity index (χ3n) is 1.27. The molecule has 0 saturated carbocycles. The van der Waals surface area contributed by atoms with Crippen LogP contribution in [-0.4, -0.2) is 33.4 Å². The predicted octanol–water partition coefficient (Wildman–Crippen LogP) is -0.786. The molecule has 0 aromatic carbocycles. The average molecular weight is 485 g/mol. The second kappa shape index (κ2) is 12.2. The van der Waals surface area contributed by atoms with Crippen molar-refractivity contribution in [2.75, 3.05) is 0 Å². The molecule has 0 N–H and O–H groups in total. The number of hydrogen-bond donors (Lipinski definition) is 0. The van der Waals surface area contributed by atoms with Gasteiger partial charge in [0.1, 0.15) is 11.6 Å². The van der Waals surface area contributed by atoms with Crippen LogP contribution in [0.5, 0.6) is 0 Å². The largest absolute Gasteiger partial charge is 2.00 e. The fourth-order valence-electron chi connectivity index (χ4n) is 0.597. The maximum Gasteiger partial charge on any atom is 2.00 e. The van der Waals surface area contributed by atoms with E-state index in [-0.39, 0.29) is 45.5 Å². The van der Waals surface area contributed by atoms with Crippen molar-refractivity contribution in [3.05, 3.63) is 0 Å². The molecular weight excluding hydrogens is 475 g/mol. The summed E-state index contributed by atoms with van der Waals surface area (Å²) >= 11 is 7.96. The Morgan fingerprint density at radius 3 is 0.947 bits per heavy atom. The summed E-state index contributed by atoms with van der Waals surface area (Å²) in [5.41, 5.74) is 0. The first-order chi connectivity index (χ1) is 8.07. The molecule has 6 nitrogen and oxygen atoms in total. The van der Waals surface area contributed by atoms with Crippen molar-refractivity contribution in [2.45, 2.75) is 26.7 Å². The molecule has 0 aromatic rings. The van der Waals surface area contributed by atoms with Gasteiger partial charge < -0.3 is 34.8 Å². The van der Waals surface area contributed by atoms with Crippen LogP contribution in [0, 0.1) is 0 Å². The standard InChI is InChI=1S/2C5H6O3S.Pt/c2*1-3(6)2-4(7)5(8)9;/h2*2H2,1H3,(H,8,9);/q;;+2/p-2. The van der Waals surface area contributed by atoms with Gasteiger partial charge in [-0.1, -0.05) is 0 Å². The van der Waals surface area contributed by atoms with E-state index >= 15 is 0 Å². The molecule has 0 aliphatic rings. The molecule has 0 aliphatic carbocycles. The molecule has 0 rings (SSSR count). The second-order valence-corrected chi connectivity index (χ2v) is 3.92. The van der Waals surface area contributed by atoms with Crippen LogP contribution in [0.3, 0.4) is 0 Å². The predicted molar refractivity (Wildman–Crippen MR) is 65.4 cm³/mol. The fraction of sp³-hybridized carbons (Fsp3) is 0.400. The summed E-state index contributed by atoms with van der Waals surface area (Å²) in [5, 5.41) is -1.93. The van der Waals surface area contributed by atoms with E-state index in [1.165, 1.54) is 13.8 Å². The number of Topliss-reactive ketones (excluding diaryl/α,β-unsaturated/α-hetero) is 4. The quantitative estimate of drug-likeness (QED) is 0.274. The zero-order chi connectivity index (χ0) is 14.9. The normalized spacial score (nSPS) is 8.11. The smallest absolute Gasteiger partial charge is 0.734 e. The average Bonchev–Trinajstić information content (AvgIpc) is 2.16. The van der Waals surface area contributed by atoms with E-state index in [4.69, 9.17) is 0 Å². The Balaban J connectivity index is -0.000000256. The third kappa shape index (κ3) is 17.1. The second-order valence-electron chi connectivity index (χ2n) is 3.18. The maximum absolute atomic E-state index is 10.3. The molecule has 0 aromatic heterocycles. The zero-order valence-corrected chi connectivity index (χ0v) is 13.9. The molecule has 0 radical (unpaired) electrons. The minimum absolute atomic E-state index is 0. The van der Waals surface area contributed by atoms with Crippen LogP contribution < -0.4 is 0 Å². The van der Waals surface area contributed by atoms with E-state index in [0.717, 1.165) is 0 Å². The summed E-state index contributed by atoms with van der Waals surface area (Å²) in [5.74, 6) is -2.26. The Kier molecular flexibility index (Phi) is 14.9. The molecule has 0 spiro atoms. The van der Waals surface area contributed by atoms with Gasteiger partial charge in [-0.05, 0) is 13.8 Å². The summed E-state index contributed by atoms with van der Waals surface area (Å²) < 4.78 is 0. The number of ketones is 4. The van der Waals surface area contributed by atoms with E-state index < -0.39 is 21.8 Å². The summed E-state index contributed by atoms with van der Waals surface area (Å²) in [6.45, 7) is 2.46. The van der Waals surface area contributed by atoms with Gasteiger partial charge in [0.25, 0.3) is 0 Å². The van der Waals surface area contributed by atoms with Crippen LogP contribution in [0.4, 0.5) is 0 Å². The molecule has 108 valence electrons. The number of rotatable bonds is 6. The van der Waals surface area contributed by atoms with Gasteiger partial charge in [0.05, 0.1) is 23.1 Å². The topological polar surface area (TPSA) is 102 Å². The molecule has 19 heavy (non-hydrogen) atoms. The van der Waals surface area contributed by atoms with E-state index in [1.807, 2.05) is 0 Å². The SMILES string of the molecule is CC(=O)CC(=O)C(=O)[S-].CC(=O)CC(=O)C(=O)[S-].[Pt+2]. The van der Waals surface area contributed by atoms with Crippen LogP contribution in [0.15, 0.2) is 0 Å². The van der Waals surface area contributed by atoms with Gasteiger partial charge >= 0.3 is 21.1 Å². The van der Waals surface area contributed by atoms with E-state index in [0.29, 0.717) is 0 Å². The molecule has 0 heterocycles. The monoisotopic (exact) mass is 485 g/mol. The first kappa shape index (κ1) is 23.3. The number of hydrogen-bond acceptors (Lipinski definition) is 8. The molecule has 0 atom stereocenters. The third-order valence-corrected chi connectivity index (χ3v) is 1.73. The Morgan fingerprint density at radius 2 is 0.895 bits per heavy atom. The molecule has 0 saturated heterocycles. The Hall–Kier alpha value is -0.852. The Morgan fingerprint density at radius 1 is 0.684 bits per heavy atom. The van der Waals surface area contributed by atoms with Crippen molar-refractivity contribution in [2.24, 2.45) is 0 Å². The van der Waals surface area contributed by atoms with Crippen molar-refractivity contribution < 1.29 is 49.8 Å². The summed E-state index contributed by atoms with van der Waals surface area (Å²) in [4.78, 5) is 60.8. The van der Waals surface area contributed by atoms with Gasteiger partial charge in [-0.25, -0.2) is 0 Å². The van der Waals surface area contributed by atoms with E-state index in [9.17, 15) is 28.8 Å². The van der Waals surface area contributed by atoms with Crippen LogP contribution in [0.2, 0.25) is 0 Å². The zero-order valence-electron chi connectivity index (χ0n) is 10.00. The van der Waals surface area contributed by atoms with Crippen molar-refractivity contribution >= 4 is 58.6 Å².